The van der Waals surface area contributed by atoms with Crippen LogP contribution >= 0.6 is 0 Å². The molecule has 2 aromatic carbocycles. The maximum absolute atomic E-state index is 12.4. The van der Waals surface area contributed by atoms with Crippen LogP contribution in [0.25, 0.3) is 0 Å². The summed E-state index contributed by atoms with van der Waals surface area (Å²) in [4.78, 5) is 12.4. The predicted molar refractivity (Wildman–Crippen MR) is 90.4 cm³/mol. The quantitative estimate of drug-likeness (QED) is 0.666. The Morgan fingerprint density at radius 2 is 1.88 bits per heavy atom. The van der Waals surface area contributed by atoms with Crippen LogP contribution in [0.15, 0.2) is 48.5 Å². The van der Waals surface area contributed by atoms with Crippen LogP contribution in [0, 0.1) is 0 Å². The van der Waals surface area contributed by atoms with Crippen LogP contribution in [0.2, 0.25) is 0 Å². The Morgan fingerprint density at radius 3 is 2.58 bits per heavy atom. The molecular weight excluding hydrogens is 306 g/mol. The number of hydrogen-bond acceptors (Lipinski definition) is 5. The summed E-state index contributed by atoms with van der Waals surface area (Å²) in [5.74, 6) is -0.492. The van der Waals surface area contributed by atoms with Gasteiger partial charge in [0, 0.05) is 31.7 Å². The highest BCUT2D eigenvalue weighted by Crippen LogP contribution is 2.33. The number of ether oxygens (including phenoxy) is 2. The molecule has 0 spiro atoms. The van der Waals surface area contributed by atoms with Gasteiger partial charge in [0.1, 0.15) is 6.61 Å². The molecule has 0 atom stereocenters. The summed E-state index contributed by atoms with van der Waals surface area (Å²) in [6.07, 6.45) is 0.991. The molecule has 1 aliphatic rings. The summed E-state index contributed by atoms with van der Waals surface area (Å²) in [6.45, 7) is 1.17. The summed E-state index contributed by atoms with van der Waals surface area (Å²) in [5.41, 5.74) is 7.14. The van der Waals surface area contributed by atoms with E-state index in [9.17, 15) is 9.90 Å². The highest BCUT2D eigenvalue weighted by molar-refractivity contribution is 5.95. The van der Waals surface area contributed by atoms with Gasteiger partial charge in [-0.1, -0.05) is 36.4 Å². The van der Waals surface area contributed by atoms with Crippen molar-refractivity contribution in [2.24, 2.45) is 0 Å². The molecule has 0 radical (unpaired) electrons. The van der Waals surface area contributed by atoms with Crippen LogP contribution < -0.4 is 5.73 Å². The molecule has 24 heavy (non-hydrogen) atoms. The van der Waals surface area contributed by atoms with E-state index in [-0.39, 0.29) is 12.2 Å². The van der Waals surface area contributed by atoms with E-state index >= 15 is 0 Å². The number of carbonyl (C=O) groups excluding carboxylic acids is 1. The van der Waals surface area contributed by atoms with Gasteiger partial charge in [0.2, 0.25) is 0 Å². The summed E-state index contributed by atoms with van der Waals surface area (Å²) < 4.78 is 10.6. The second kappa shape index (κ2) is 7.03. The van der Waals surface area contributed by atoms with Gasteiger partial charge >= 0.3 is 5.97 Å². The number of rotatable bonds is 4. The average Bonchev–Trinajstić information content (AvgIpc) is 2.61. The van der Waals surface area contributed by atoms with Crippen molar-refractivity contribution in [3.8, 4) is 0 Å². The van der Waals surface area contributed by atoms with E-state index in [0.29, 0.717) is 37.3 Å². The van der Waals surface area contributed by atoms with E-state index in [1.165, 1.54) is 0 Å². The van der Waals surface area contributed by atoms with Gasteiger partial charge in [0.25, 0.3) is 0 Å². The maximum Gasteiger partial charge on any atom is 0.340 e. The molecule has 0 saturated carbocycles. The molecule has 0 aliphatic carbocycles. The SMILES string of the molecule is Nc1ccc(C2(O)CCOCC2)cc1C(=O)OCc1ccccc1. The van der Waals surface area contributed by atoms with Gasteiger partial charge in [-0.25, -0.2) is 4.79 Å². The lowest BCUT2D eigenvalue weighted by Crippen LogP contribution is -2.33. The van der Waals surface area contributed by atoms with Crippen molar-refractivity contribution < 1.29 is 19.4 Å². The molecule has 0 amide bonds. The number of nitrogens with two attached hydrogens (primary N) is 1. The van der Waals surface area contributed by atoms with E-state index in [4.69, 9.17) is 15.2 Å². The summed E-state index contributed by atoms with van der Waals surface area (Å²) in [5, 5.41) is 10.8. The first-order chi connectivity index (χ1) is 11.6. The topological polar surface area (TPSA) is 81.8 Å². The van der Waals surface area contributed by atoms with Crippen LogP contribution in [-0.2, 0) is 21.7 Å². The Kier molecular flexibility index (Phi) is 4.83. The zero-order chi connectivity index (χ0) is 17.0. The summed E-state index contributed by atoms with van der Waals surface area (Å²) in [6, 6.07) is 14.5. The van der Waals surface area contributed by atoms with Gasteiger partial charge in [0.15, 0.2) is 0 Å². The Labute approximate surface area is 141 Å². The first kappa shape index (κ1) is 16.5. The van der Waals surface area contributed by atoms with E-state index in [1.807, 2.05) is 30.3 Å². The number of hydrogen-bond donors (Lipinski definition) is 2. The molecular formula is C19H21NO4. The predicted octanol–water partition coefficient (Wildman–Crippen LogP) is 2.62. The smallest absolute Gasteiger partial charge is 0.340 e. The second-order valence-electron chi connectivity index (χ2n) is 6.01. The van der Waals surface area contributed by atoms with Crippen molar-refractivity contribution in [1.82, 2.24) is 0 Å². The van der Waals surface area contributed by atoms with Crippen LogP contribution in [0.4, 0.5) is 5.69 Å². The Morgan fingerprint density at radius 1 is 1.17 bits per heavy atom. The molecule has 3 N–H and O–H groups in total. The first-order valence-electron chi connectivity index (χ1n) is 8.00. The molecule has 3 rings (SSSR count). The number of anilines is 1. The number of benzene rings is 2. The zero-order valence-electron chi connectivity index (χ0n) is 13.4. The third kappa shape index (κ3) is 3.58. The lowest BCUT2D eigenvalue weighted by Gasteiger charge is -2.32. The minimum Gasteiger partial charge on any atom is -0.457 e. The number of nitrogen functional groups attached to an aromatic ring is 1. The van der Waals surface area contributed by atoms with Crippen molar-refractivity contribution in [3.63, 3.8) is 0 Å². The lowest BCUT2D eigenvalue weighted by molar-refractivity contribution is -0.0679. The van der Waals surface area contributed by atoms with Gasteiger partial charge in [0.05, 0.1) is 11.2 Å². The Balaban J connectivity index is 1.77. The van der Waals surface area contributed by atoms with Crippen LogP contribution in [0.1, 0.15) is 34.3 Å². The van der Waals surface area contributed by atoms with Crippen LogP contribution in [-0.4, -0.2) is 24.3 Å². The third-order valence-electron chi connectivity index (χ3n) is 4.34. The van der Waals surface area contributed by atoms with Crippen molar-refractivity contribution >= 4 is 11.7 Å². The monoisotopic (exact) mass is 327 g/mol. The summed E-state index contributed by atoms with van der Waals surface area (Å²) in [7, 11) is 0. The molecule has 1 fully saturated rings. The summed E-state index contributed by atoms with van der Waals surface area (Å²) >= 11 is 0. The van der Waals surface area contributed by atoms with E-state index in [1.54, 1.807) is 18.2 Å². The molecule has 2 aromatic rings. The van der Waals surface area contributed by atoms with E-state index in [2.05, 4.69) is 0 Å². The zero-order valence-corrected chi connectivity index (χ0v) is 13.4. The molecule has 5 nitrogen and oxygen atoms in total. The number of carbonyl (C=O) groups is 1. The molecule has 0 aromatic heterocycles. The maximum atomic E-state index is 12.4. The van der Waals surface area contributed by atoms with Crippen LogP contribution in [0.5, 0.6) is 0 Å². The minimum absolute atomic E-state index is 0.182. The van der Waals surface area contributed by atoms with Gasteiger partial charge in [-0.2, -0.15) is 0 Å². The highest BCUT2D eigenvalue weighted by Gasteiger charge is 2.32. The fourth-order valence-corrected chi connectivity index (χ4v) is 2.82. The molecule has 0 unspecified atom stereocenters. The van der Waals surface area contributed by atoms with Gasteiger partial charge < -0.3 is 20.3 Å². The number of aliphatic hydroxyl groups is 1. The molecule has 5 heteroatoms. The molecule has 1 heterocycles. The van der Waals surface area contributed by atoms with Crippen molar-refractivity contribution in [2.75, 3.05) is 18.9 Å². The molecule has 1 aliphatic heterocycles. The lowest BCUT2D eigenvalue weighted by atomic mass is 9.85. The fourth-order valence-electron chi connectivity index (χ4n) is 2.82. The highest BCUT2D eigenvalue weighted by atomic mass is 16.5. The number of esters is 1. The average molecular weight is 327 g/mol. The second-order valence-corrected chi connectivity index (χ2v) is 6.01. The van der Waals surface area contributed by atoms with Gasteiger partial charge in [-0.3, -0.25) is 0 Å². The van der Waals surface area contributed by atoms with Gasteiger partial charge in [-0.05, 0) is 23.3 Å². The fraction of sp³-hybridized carbons (Fsp3) is 0.316. The molecule has 0 bridgehead atoms. The normalized spacial score (nSPS) is 16.5. The molecule has 1 saturated heterocycles. The van der Waals surface area contributed by atoms with Crippen molar-refractivity contribution in [3.05, 3.63) is 65.2 Å². The minimum atomic E-state index is -0.986. The van der Waals surface area contributed by atoms with Gasteiger partial charge in [-0.15, -0.1) is 0 Å². The Bertz CT molecular complexity index is 709. The Hall–Kier alpha value is -2.37. The largest absolute Gasteiger partial charge is 0.457 e. The molecule has 126 valence electrons. The van der Waals surface area contributed by atoms with E-state index in [0.717, 1.165) is 5.56 Å². The van der Waals surface area contributed by atoms with Crippen molar-refractivity contribution in [2.45, 2.75) is 25.0 Å². The van der Waals surface area contributed by atoms with Crippen molar-refractivity contribution in [1.29, 1.82) is 0 Å². The standard InChI is InChI=1S/C19H21NO4/c20-17-7-6-15(19(22)8-10-23-11-9-19)12-16(17)18(21)24-13-14-4-2-1-3-5-14/h1-7,12,22H,8-11,13,20H2. The van der Waals surface area contributed by atoms with E-state index < -0.39 is 11.6 Å². The first-order valence-corrected chi connectivity index (χ1v) is 8.00. The van der Waals surface area contributed by atoms with Crippen LogP contribution in [0.3, 0.4) is 0 Å². The third-order valence-corrected chi connectivity index (χ3v) is 4.34.